The van der Waals surface area contributed by atoms with Crippen LogP contribution in [-0.2, 0) is 4.79 Å². The number of nitrogens with zero attached hydrogens (tertiary/aromatic N) is 1. The molecule has 0 saturated heterocycles. The van der Waals surface area contributed by atoms with Crippen LogP contribution in [0.4, 0.5) is 5.69 Å². The zero-order chi connectivity index (χ0) is 14.4. The van der Waals surface area contributed by atoms with Crippen molar-refractivity contribution in [1.29, 1.82) is 0 Å². The maximum absolute atomic E-state index is 12.4. The molecule has 4 heteroatoms. The average molecular weight is 292 g/mol. The normalized spacial score (nSPS) is 16.1. The van der Waals surface area contributed by atoms with Crippen LogP contribution in [0.5, 0.6) is 0 Å². The first-order chi connectivity index (χ1) is 9.72. The molecule has 1 saturated carbocycles. The number of rotatable bonds is 5. The van der Waals surface area contributed by atoms with Crippen molar-refractivity contribution in [2.24, 2.45) is 0 Å². The van der Waals surface area contributed by atoms with E-state index in [1.165, 1.54) is 19.3 Å². The first kappa shape index (κ1) is 15.2. The van der Waals surface area contributed by atoms with Crippen LogP contribution in [0.2, 0.25) is 0 Å². The highest BCUT2D eigenvalue weighted by Gasteiger charge is 2.23. The van der Waals surface area contributed by atoms with E-state index in [0.717, 1.165) is 30.0 Å². The van der Waals surface area contributed by atoms with Crippen LogP contribution in [0.1, 0.15) is 39.0 Å². The number of amides is 1. The molecule has 0 heterocycles. The van der Waals surface area contributed by atoms with E-state index in [4.69, 9.17) is 5.73 Å². The largest absolute Gasteiger partial charge is 0.398 e. The van der Waals surface area contributed by atoms with E-state index < -0.39 is 0 Å². The molecule has 0 unspecified atom stereocenters. The van der Waals surface area contributed by atoms with E-state index in [1.807, 2.05) is 24.3 Å². The molecule has 0 bridgehead atoms. The van der Waals surface area contributed by atoms with Gasteiger partial charge in [0.2, 0.25) is 5.91 Å². The molecule has 0 aliphatic heterocycles. The molecule has 1 aromatic carbocycles. The Morgan fingerprint density at radius 2 is 2.00 bits per heavy atom. The molecule has 20 heavy (non-hydrogen) atoms. The van der Waals surface area contributed by atoms with E-state index in [0.29, 0.717) is 11.8 Å². The number of hydrogen-bond acceptors (Lipinski definition) is 3. The summed E-state index contributed by atoms with van der Waals surface area (Å²) >= 11 is 1.55. The van der Waals surface area contributed by atoms with Gasteiger partial charge in [-0.25, -0.2) is 0 Å². The van der Waals surface area contributed by atoms with Crippen molar-refractivity contribution in [1.82, 2.24) is 4.90 Å². The van der Waals surface area contributed by atoms with Crippen LogP contribution in [0, 0.1) is 0 Å². The van der Waals surface area contributed by atoms with Gasteiger partial charge in [0.25, 0.3) is 0 Å². The molecular formula is C16H24N2OS. The third-order valence-electron chi connectivity index (χ3n) is 3.95. The lowest BCUT2D eigenvalue weighted by atomic mass is 9.94. The van der Waals surface area contributed by atoms with Gasteiger partial charge < -0.3 is 10.6 Å². The fourth-order valence-corrected chi connectivity index (χ4v) is 3.72. The van der Waals surface area contributed by atoms with E-state index >= 15 is 0 Å². The number of thioether (sulfide) groups is 1. The molecule has 1 aliphatic rings. The summed E-state index contributed by atoms with van der Waals surface area (Å²) in [6.45, 7) is 2.89. The Labute approximate surface area is 125 Å². The van der Waals surface area contributed by atoms with Crippen LogP contribution in [0.3, 0.4) is 0 Å². The minimum atomic E-state index is 0.243. The Morgan fingerprint density at radius 3 is 2.65 bits per heavy atom. The van der Waals surface area contributed by atoms with Crippen molar-refractivity contribution in [3.05, 3.63) is 24.3 Å². The summed E-state index contributed by atoms with van der Waals surface area (Å²) < 4.78 is 0. The Kier molecular flexibility index (Phi) is 5.77. The second kappa shape index (κ2) is 7.58. The number of nitrogen functional groups attached to an aromatic ring is 1. The Balaban J connectivity index is 1.90. The third kappa shape index (κ3) is 3.92. The van der Waals surface area contributed by atoms with Crippen molar-refractivity contribution < 1.29 is 4.79 Å². The molecule has 1 fully saturated rings. The molecule has 0 aromatic heterocycles. The Bertz CT molecular complexity index is 444. The molecule has 2 rings (SSSR count). The summed E-state index contributed by atoms with van der Waals surface area (Å²) in [6, 6.07) is 8.19. The van der Waals surface area contributed by atoms with E-state index in [1.54, 1.807) is 11.8 Å². The molecule has 1 amide bonds. The molecule has 0 spiro atoms. The molecule has 1 aliphatic carbocycles. The van der Waals surface area contributed by atoms with Gasteiger partial charge in [0.05, 0.1) is 5.75 Å². The first-order valence-electron chi connectivity index (χ1n) is 7.49. The van der Waals surface area contributed by atoms with Crippen LogP contribution in [0.15, 0.2) is 29.2 Å². The fourth-order valence-electron chi connectivity index (χ4n) is 2.87. The van der Waals surface area contributed by atoms with Gasteiger partial charge in [0.15, 0.2) is 0 Å². The summed E-state index contributed by atoms with van der Waals surface area (Å²) in [7, 11) is 0. The minimum absolute atomic E-state index is 0.243. The van der Waals surface area contributed by atoms with Gasteiger partial charge >= 0.3 is 0 Å². The van der Waals surface area contributed by atoms with Crippen molar-refractivity contribution in [3.8, 4) is 0 Å². The van der Waals surface area contributed by atoms with Gasteiger partial charge in [0.1, 0.15) is 0 Å². The molecule has 110 valence electrons. The number of anilines is 1. The zero-order valence-electron chi connectivity index (χ0n) is 12.2. The summed E-state index contributed by atoms with van der Waals surface area (Å²) in [5.41, 5.74) is 6.67. The number of nitrogens with two attached hydrogens (primary N) is 1. The van der Waals surface area contributed by atoms with Crippen molar-refractivity contribution in [3.63, 3.8) is 0 Å². The molecule has 2 N–H and O–H groups in total. The van der Waals surface area contributed by atoms with Crippen molar-refractivity contribution >= 4 is 23.4 Å². The van der Waals surface area contributed by atoms with E-state index in [-0.39, 0.29) is 5.91 Å². The number of carbonyl (C=O) groups excluding carboxylic acids is 1. The number of hydrogen-bond donors (Lipinski definition) is 1. The van der Waals surface area contributed by atoms with Gasteiger partial charge in [-0.1, -0.05) is 31.4 Å². The number of benzene rings is 1. The smallest absolute Gasteiger partial charge is 0.233 e. The zero-order valence-corrected chi connectivity index (χ0v) is 13.0. The Hall–Kier alpha value is -1.16. The van der Waals surface area contributed by atoms with E-state index in [2.05, 4.69) is 11.8 Å². The number of carbonyl (C=O) groups is 1. The van der Waals surface area contributed by atoms with Gasteiger partial charge in [-0.2, -0.15) is 0 Å². The standard InChI is InChI=1S/C16H24N2OS/c1-2-18(13-8-4-3-5-9-13)16(19)12-20-15-11-7-6-10-14(15)17/h6-7,10-11,13H,2-5,8-9,12,17H2,1H3. The summed E-state index contributed by atoms with van der Waals surface area (Å²) in [6.07, 6.45) is 6.16. The minimum Gasteiger partial charge on any atom is -0.398 e. The summed E-state index contributed by atoms with van der Waals surface area (Å²) in [5.74, 6) is 0.728. The second-order valence-corrected chi connectivity index (χ2v) is 6.32. The summed E-state index contributed by atoms with van der Waals surface area (Å²) in [5, 5.41) is 0. The maximum Gasteiger partial charge on any atom is 0.233 e. The van der Waals surface area contributed by atoms with Gasteiger partial charge in [0, 0.05) is 23.2 Å². The highest BCUT2D eigenvalue weighted by atomic mass is 32.2. The molecule has 1 aromatic rings. The van der Waals surface area contributed by atoms with Gasteiger partial charge in [-0.3, -0.25) is 4.79 Å². The highest BCUT2D eigenvalue weighted by Crippen LogP contribution is 2.27. The third-order valence-corrected chi connectivity index (χ3v) is 5.02. The summed E-state index contributed by atoms with van der Waals surface area (Å²) in [4.78, 5) is 15.5. The number of para-hydroxylation sites is 1. The van der Waals surface area contributed by atoms with Crippen LogP contribution in [0.25, 0.3) is 0 Å². The topological polar surface area (TPSA) is 46.3 Å². The van der Waals surface area contributed by atoms with E-state index in [9.17, 15) is 4.79 Å². The van der Waals surface area contributed by atoms with Crippen LogP contribution >= 0.6 is 11.8 Å². The van der Waals surface area contributed by atoms with Gasteiger partial charge in [-0.15, -0.1) is 11.8 Å². The molecular weight excluding hydrogens is 268 g/mol. The Morgan fingerprint density at radius 1 is 1.30 bits per heavy atom. The van der Waals surface area contributed by atoms with Crippen LogP contribution < -0.4 is 5.73 Å². The SMILES string of the molecule is CCN(C(=O)CSc1ccccc1N)C1CCCCC1. The predicted molar refractivity (Wildman–Crippen MR) is 85.8 cm³/mol. The highest BCUT2D eigenvalue weighted by molar-refractivity contribution is 8.00. The maximum atomic E-state index is 12.4. The fraction of sp³-hybridized carbons (Fsp3) is 0.562. The lowest BCUT2D eigenvalue weighted by molar-refractivity contribution is -0.131. The average Bonchev–Trinajstić information content (AvgIpc) is 2.48. The monoisotopic (exact) mass is 292 g/mol. The van der Waals surface area contributed by atoms with Crippen LogP contribution in [-0.4, -0.2) is 29.1 Å². The first-order valence-corrected chi connectivity index (χ1v) is 8.47. The second-order valence-electron chi connectivity index (χ2n) is 5.30. The van der Waals surface area contributed by atoms with Crippen molar-refractivity contribution in [2.45, 2.75) is 50.0 Å². The lowest BCUT2D eigenvalue weighted by Crippen LogP contribution is -2.42. The quantitative estimate of drug-likeness (QED) is 0.667. The predicted octanol–water partition coefficient (Wildman–Crippen LogP) is 3.54. The van der Waals surface area contributed by atoms with Gasteiger partial charge in [-0.05, 0) is 31.9 Å². The molecule has 0 atom stereocenters. The molecule has 3 nitrogen and oxygen atoms in total. The van der Waals surface area contributed by atoms with Crippen molar-refractivity contribution in [2.75, 3.05) is 18.0 Å². The molecule has 0 radical (unpaired) electrons. The lowest BCUT2D eigenvalue weighted by Gasteiger charge is -2.33.